The summed E-state index contributed by atoms with van der Waals surface area (Å²) in [5, 5.41) is 2.08. The molecule has 3 heterocycles. The first kappa shape index (κ1) is 23.4. The molecule has 1 radical (unpaired) electrons. The fourth-order valence-corrected chi connectivity index (χ4v) is 7.22. The number of benzene rings is 3. The van der Waals surface area contributed by atoms with E-state index in [9.17, 15) is 0 Å². The Labute approximate surface area is 300 Å². The van der Waals surface area contributed by atoms with E-state index in [-0.39, 0.29) is 43.4 Å². The maximum Gasteiger partial charge on any atom is 0.0618 e. The van der Waals surface area contributed by atoms with Crippen LogP contribution in [-0.2, 0) is 20.1 Å². The van der Waals surface area contributed by atoms with Crippen LogP contribution in [0.3, 0.4) is 0 Å². The summed E-state index contributed by atoms with van der Waals surface area (Å²) in [6, 6.07) is 23.1. The first-order chi connectivity index (χ1) is 25.2. The molecule has 2 nitrogen and oxygen atoms in total. The average Bonchev–Trinajstić information content (AvgIpc) is 3.53. The number of aromatic nitrogens is 1. The largest absolute Gasteiger partial charge is 0.309 e. The van der Waals surface area contributed by atoms with E-state index in [0.29, 0.717) is 23.3 Å². The van der Waals surface area contributed by atoms with Gasteiger partial charge in [0.05, 0.1) is 2.74 Å². The molecule has 0 saturated heterocycles. The van der Waals surface area contributed by atoms with Gasteiger partial charge in [0.1, 0.15) is 0 Å². The van der Waals surface area contributed by atoms with Gasteiger partial charge >= 0.3 is 0 Å². The summed E-state index contributed by atoms with van der Waals surface area (Å²) in [5.41, 5.74) is 3.70. The first-order valence-electron chi connectivity index (χ1n) is 20.3. The van der Waals surface area contributed by atoms with E-state index in [0.717, 1.165) is 69.8 Å². The Bertz CT molecular complexity index is 2160. The van der Waals surface area contributed by atoms with Crippen LogP contribution in [0.1, 0.15) is 113 Å². The van der Waals surface area contributed by atoms with Crippen LogP contribution in [0.2, 0.25) is 0 Å². The molecule has 0 amide bonds. The minimum absolute atomic E-state index is 0. The number of fused-ring (bicyclic) bond motifs is 3. The minimum Gasteiger partial charge on any atom is -0.309 e. The number of hydrogen-bond donors (Lipinski definition) is 0. The molecule has 2 aromatic heterocycles. The summed E-state index contributed by atoms with van der Waals surface area (Å²) < 4.78 is 75.7. The summed E-state index contributed by atoms with van der Waals surface area (Å²) in [7, 11) is 0. The van der Waals surface area contributed by atoms with Gasteiger partial charge in [0.2, 0.25) is 0 Å². The Balaban J connectivity index is 0.000000223. The van der Waals surface area contributed by atoms with Crippen molar-refractivity contribution in [3.05, 3.63) is 113 Å². The molecule has 7 rings (SSSR count). The molecule has 45 heavy (non-hydrogen) atoms. The second-order valence-corrected chi connectivity index (χ2v) is 12.4. The van der Waals surface area contributed by atoms with Crippen molar-refractivity contribution in [3.63, 3.8) is 0 Å². The van der Waals surface area contributed by atoms with Gasteiger partial charge in [-0.2, -0.15) is 11.3 Å². The van der Waals surface area contributed by atoms with Gasteiger partial charge in [0, 0.05) is 46.8 Å². The molecule has 1 saturated carbocycles. The number of unbranched alkanes of at least 4 members (excludes halogenated alkanes) is 1. The van der Waals surface area contributed by atoms with Crippen LogP contribution >= 0.6 is 11.3 Å². The molecule has 5 aromatic rings. The summed E-state index contributed by atoms with van der Waals surface area (Å²) >= 11 is 1.58. The predicted octanol–water partition coefficient (Wildman–Crippen LogP) is 12.1. The molecule has 235 valence electrons. The number of rotatable bonds is 7. The van der Waals surface area contributed by atoms with Crippen molar-refractivity contribution < 1.29 is 32.4 Å². The van der Waals surface area contributed by atoms with Gasteiger partial charge in [-0.3, -0.25) is 0 Å². The third-order valence-corrected chi connectivity index (χ3v) is 9.59. The van der Waals surface area contributed by atoms with Crippen molar-refractivity contribution in [2.75, 3.05) is 0 Å². The van der Waals surface area contributed by atoms with Gasteiger partial charge in [-0.05, 0) is 83.3 Å². The standard InChI is InChI=1S/C24H22NS.C17H22N.Ir/c1-16-13-14-22(25-15-16)21-12-6-11-20-19-10-5-9-18(23(19)26-24(20)21)17-7-3-2-4-8-17;1-3-4-8-14(2)16-11-12-17(18-13-16)15-9-6-5-7-10-15;/h5-6,9-11,13-15,17H,2-4,7-8H2,1H3;5-7,9,13-14H,3-4,8,11-12H2,1-2H3;/q2*-1;/i1D3,13D,14D,17D;11D,12D,14D;. The van der Waals surface area contributed by atoms with E-state index in [1.165, 1.54) is 12.6 Å². The molecule has 1 aliphatic carbocycles. The van der Waals surface area contributed by atoms with Gasteiger partial charge in [-0.15, -0.1) is 59.7 Å². The molecule has 0 spiro atoms. The summed E-state index contributed by atoms with van der Waals surface area (Å²) in [5.74, 6) is -1.39. The van der Waals surface area contributed by atoms with Crippen molar-refractivity contribution >= 4 is 37.2 Å². The molecular weight excluding hydrogens is 745 g/mol. The van der Waals surface area contributed by atoms with Crippen LogP contribution in [0.15, 0.2) is 89.6 Å². The van der Waals surface area contributed by atoms with E-state index >= 15 is 0 Å². The van der Waals surface area contributed by atoms with Gasteiger partial charge in [-0.1, -0.05) is 87.2 Å². The van der Waals surface area contributed by atoms with Crippen LogP contribution in [0.4, 0.5) is 0 Å². The fourth-order valence-electron chi connectivity index (χ4n) is 5.86. The zero-order chi connectivity index (χ0) is 38.1. The Morgan fingerprint density at radius 2 is 1.91 bits per heavy atom. The van der Waals surface area contributed by atoms with Gasteiger partial charge in [-0.25, -0.2) is 0 Å². The SMILES string of the molecule is [2H]C1C(C([2H])(C)CCCC)=CN=C(c2[c-]cccc2)C1[2H].[2H]c1c(C([2H])([2H])[2H])cnc(-c2[c-]ccc3c2sc2c(C4([2H])CCCCC4)cccc23)c1[2H].[Ir]. The second-order valence-electron chi connectivity index (χ2n) is 11.4. The maximum atomic E-state index is 9.16. The maximum absolute atomic E-state index is 9.16. The number of aryl methyl sites for hydroxylation is 1. The van der Waals surface area contributed by atoms with Crippen molar-refractivity contribution in [1.29, 1.82) is 0 Å². The van der Waals surface area contributed by atoms with E-state index in [1.807, 2.05) is 37.3 Å². The number of allylic oxidation sites excluding steroid dienone is 1. The summed E-state index contributed by atoms with van der Waals surface area (Å²) in [6.45, 7) is 1.44. The summed E-state index contributed by atoms with van der Waals surface area (Å²) in [6.07, 6.45) is 9.07. The molecule has 3 aromatic carbocycles. The Kier molecular flexibility index (Phi) is 8.37. The van der Waals surface area contributed by atoms with Crippen molar-refractivity contribution in [1.82, 2.24) is 4.98 Å². The van der Waals surface area contributed by atoms with Gasteiger partial charge in [0.25, 0.3) is 0 Å². The Morgan fingerprint density at radius 1 is 1.04 bits per heavy atom. The van der Waals surface area contributed by atoms with E-state index in [4.69, 9.17) is 12.3 Å². The molecular formula is C41H44IrN2S-2. The van der Waals surface area contributed by atoms with Crippen molar-refractivity contribution in [2.45, 2.75) is 90.8 Å². The van der Waals surface area contributed by atoms with E-state index in [1.54, 1.807) is 29.7 Å². The van der Waals surface area contributed by atoms with Crippen molar-refractivity contribution in [2.24, 2.45) is 10.9 Å². The average molecular weight is 798 g/mol. The van der Waals surface area contributed by atoms with Crippen LogP contribution < -0.4 is 0 Å². The predicted molar refractivity (Wildman–Crippen MR) is 190 cm³/mol. The normalized spacial score (nSPS) is 23.7. The topological polar surface area (TPSA) is 25.2 Å². The number of hydrogen-bond acceptors (Lipinski definition) is 3. The quantitative estimate of drug-likeness (QED) is 0.151. The third-order valence-electron chi connectivity index (χ3n) is 8.32. The summed E-state index contributed by atoms with van der Waals surface area (Å²) in [4.78, 5) is 8.68. The molecule has 1 aliphatic heterocycles. The molecule has 2 aliphatic rings. The third kappa shape index (κ3) is 7.91. The number of pyridine rings is 1. The molecule has 1 fully saturated rings. The Hall–Kier alpha value is -2.91. The first-order valence-corrected chi connectivity index (χ1v) is 16.4. The smallest absolute Gasteiger partial charge is 0.0618 e. The number of nitrogens with zero attached hydrogens (tertiary/aromatic N) is 2. The minimum atomic E-state index is -2.48. The van der Waals surface area contributed by atoms with Crippen LogP contribution in [0.5, 0.6) is 0 Å². The van der Waals surface area contributed by atoms with Gasteiger partial charge in [0.15, 0.2) is 0 Å². The molecule has 4 heteroatoms. The van der Waals surface area contributed by atoms with Crippen LogP contribution in [0, 0.1) is 24.9 Å². The second kappa shape index (κ2) is 16.1. The number of thiophene rings is 1. The Morgan fingerprint density at radius 3 is 2.71 bits per heavy atom. The molecule has 3 unspecified atom stereocenters. The molecule has 0 N–H and O–H groups in total. The van der Waals surface area contributed by atoms with Crippen LogP contribution in [-0.4, -0.2) is 10.7 Å². The van der Waals surface area contributed by atoms with Crippen molar-refractivity contribution in [3.8, 4) is 11.3 Å². The number of aliphatic imine (C=N–C) groups is 1. The van der Waals surface area contributed by atoms with E-state index < -0.39 is 31.4 Å². The zero-order valence-corrected chi connectivity index (χ0v) is 29.0. The zero-order valence-electron chi connectivity index (χ0n) is 34.8. The molecule has 3 atom stereocenters. The molecule has 0 bridgehead atoms. The van der Waals surface area contributed by atoms with Gasteiger partial charge < -0.3 is 9.98 Å². The monoisotopic (exact) mass is 798 g/mol. The van der Waals surface area contributed by atoms with Crippen LogP contribution in [0.25, 0.3) is 31.4 Å². The van der Waals surface area contributed by atoms with E-state index in [2.05, 4.69) is 41.2 Å². The fraction of sp³-hybridized carbons (Fsp3) is 0.366.